The van der Waals surface area contributed by atoms with Gasteiger partial charge in [-0.05, 0) is 44.9 Å². The summed E-state index contributed by atoms with van der Waals surface area (Å²) in [4.78, 5) is 0. The van der Waals surface area contributed by atoms with Crippen LogP contribution in [0.25, 0.3) is 0 Å². The molecule has 0 saturated carbocycles. The Hall–Kier alpha value is -0.843. The first-order valence-corrected chi connectivity index (χ1v) is 7.87. The summed E-state index contributed by atoms with van der Waals surface area (Å²) in [7, 11) is -1.66. The summed E-state index contributed by atoms with van der Waals surface area (Å²) in [5.41, 5.74) is 2.43. The molecule has 0 aliphatic heterocycles. The van der Waals surface area contributed by atoms with Gasteiger partial charge in [0.1, 0.15) is 12.0 Å². The second-order valence-corrected chi connectivity index (χ2v) is 5.71. The number of ether oxygens (including phenoxy) is 1. The fourth-order valence-corrected chi connectivity index (χ4v) is 2.90. The van der Waals surface area contributed by atoms with Crippen LogP contribution in [-0.4, -0.2) is 28.7 Å². The van der Waals surface area contributed by atoms with Gasteiger partial charge in [-0.3, -0.25) is 0 Å². The smallest absolute Gasteiger partial charge is 0.360 e. The van der Waals surface area contributed by atoms with Gasteiger partial charge >= 0.3 is 9.28 Å². The Kier molecular flexibility index (Phi) is 6.25. The minimum atomic E-state index is -1.66. The van der Waals surface area contributed by atoms with Gasteiger partial charge in [0.05, 0.1) is 0 Å². The molecule has 0 fully saturated rings. The van der Waals surface area contributed by atoms with Crippen molar-refractivity contribution < 1.29 is 13.6 Å². The van der Waals surface area contributed by atoms with E-state index in [0.717, 1.165) is 5.75 Å². The van der Waals surface area contributed by atoms with Crippen molar-refractivity contribution in [2.45, 2.75) is 27.7 Å². The standard InChI is InChI=1S/C13H22O3Si/c1-5-15-17(16-6-2)10-14-13-9-7-8-11(3)12(13)4/h7-9,17H,5-6,10H2,1-4H3. The summed E-state index contributed by atoms with van der Waals surface area (Å²) >= 11 is 0. The molecule has 1 rings (SSSR count). The Morgan fingerprint density at radius 3 is 2.29 bits per heavy atom. The highest BCUT2D eigenvalue weighted by molar-refractivity contribution is 6.44. The van der Waals surface area contributed by atoms with E-state index in [2.05, 4.69) is 19.9 Å². The number of hydrogen-bond acceptors (Lipinski definition) is 3. The first-order valence-electron chi connectivity index (χ1n) is 6.11. The van der Waals surface area contributed by atoms with E-state index in [1.54, 1.807) is 0 Å². The molecular formula is C13H22O3Si. The van der Waals surface area contributed by atoms with E-state index in [1.165, 1.54) is 11.1 Å². The highest BCUT2D eigenvalue weighted by Gasteiger charge is 2.14. The van der Waals surface area contributed by atoms with Crippen LogP contribution < -0.4 is 4.74 Å². The van der Waals surface area contributed by atoms with Crippen LogP contribution in [0, 0.1) is 13.8 Å². The molecule has 3 nitrogen and oxygen atoms in total. The lowest BCUT2D eigenvalue weighted by Crippen LogP contribution is -2.31. The Balaban J connectivity index is 2.55. The maximum absolute atomic E-state index is 5.80. The predicted molar refractivity (Wildman–Crippen MR) is 71.8 cm³/mol. The minimum Gasteiger partial charge on any atom is -0.492 e. The maximum atomic E-state index is 5.80. The monoisotopic (exact) mass is 254 g/mol. The number of aryl methyl sites for hydroxylation is 1. The molecule has 0 N–H and O–H groups in total. The van der Waals surface area contributed by atoms with E-state index >= 15 is 0 Å². The third-order valence-corrected chi connectivity index (χ3v) is 4.48. The summed E-state index contributed by atoms with van der Waals surface area (Å²) in [5, 5.41) is 0. The van der Waals surface area contributed by atoms with Crippen molar-refractivity contribution in [1.29, 1.82) is 0 Å². The Morgan fingerprint density at radius 2 is 1.71 bits per heavy atom. The molecule has 0 aromatic heterocycles. The van der Waals surface area contributed by atoms with Crippen LogP contribution in [0.3, 0.4) is 0 Å². The summed E-state index contributed by atoms with van der Waals surface area (Å²) in [6, 6.07) is 6.09. The molecule has 0 spiro atoms. The second kappa shape index (κ2) is 7.48. The molecular weight excluding hydrogens is 232 g/mol. The molecule has 0 amide bonds. The van der Waals surface area contributed by atoms with Crippen molar-refractivity contribution in [3.8, 4) is 5.75 Å². The van der Waals surface area contributed by atoms with Crippen LogP contribution in [0.4, 0.5) is 0 Å². The molecule has 1 aromatic carbocycles. The van der Waals surface area contributed by atoms with E-state index < -0.39 is 9.28 Å². The van der Waals surface area contributed by atoms with Crippen molar-refractivity contribution in [3.63, 3.8) is 0 Å². The molecule has 0 saturated heterocycles. The average Bonchev–Trinajstić information content (AvgIpc) is 2.31. The lowest BCUT2D eigenvalue weighted by Gasteiger charge is -2.17. The molecule has 96 valence electrons. The molecule has 1 aromatic rings. The molecule has 4 heteroatoms. The molecule has 0 bridgehead atoms. The van der Waals surface area contributed by atoms with Crippen molar-refractivity contribution >= 4 is 9.28 Å². The fraction of sp³-hybridized carbons (Fsp3) is 0.538. The van der Waals surface area contributed by atoms with Gasteiger partial charge in [0.15, 0.2) is 0 Å². The SMILES string of the molecule is CCO[SiH](COc1cccc(C)c1C)OCC. The van der Waals surface area contributed by atoms with Crippen molar-refractivity contribution in [3.05, 3.63) is 29.3 Å². The van der Waals surface area contributed by atoms with Gasteiger partial charge < -0.3 is 13.6 Å². The molecule has 0 aliphatic carbocycles. The molecule has 0 radical (unpaired) electrons. The van der Waals surface area contributed by atoms with E-state index in [4.69, 9.17) is 13.6 Å². The first-order chi connectivity index (χ1) is 8.19. The molecule has 0 unspecified atom stereocenters. The van der Waals surface area contributed by atoms with Crippen LogP contribution in [0.15, 0.2) is 18.2 Å². The van der Waals surface area contributed by atoms with Gasteiger partial charge in [0.2, 0.25) is 0 Å². The van der Waals surface area contributed by atoms with Crippen LogP contribution >= 0.6 is 0 Å². The largest absolute Gasteiger partial charge is 0.492 e. The average molecular weight is 254 g/mol. The summed E-state index contributed by atoms with van der Waals surface area (Å²) in [6.45, 7) is 9.50. The van der Waals surface area contributed by atoms with E-state index in [-0.39, 0.29) is 0 Å². The van der Waals surface area contributed by atoms with Crippen LogP contribution in [-0.2, 0) is 8.85 Å². The van der Waals surface area contributed by atoms with Gasteiger partial charge in [0.25, 0.3) is 0 Å². The Labute approximate surface area is 106 Å². The topological polar surface area (TPSA) is 27.7 Å². The molecule has 0 heterocycles. The lowest BCUT2D eigenvalue weighted by atomic mass is 10.1. The minimum absolute atomic E-state index is 0.561. The number of rotatable bonds is 7. The van der Waals surface area contributed by atoms with Crippen LogP contribution in [0.2, 0.25) is 0 Å². The summed E-state index contributed by atoms with van der Waals surface area (Å²) < 4.78 is 16.9. The van der Waals surface area contributed by atoms with Crippen molar-refractivity contribution in [1.82, 2.24) is 0 Å². The number of hydrogen-bond donors (Lipinski definition) is 0. The molecule has 0 atom stereocenters. The van der Waals surface area contributed by atoms with Crippen LogP contribution in [0.5, 0.6) is 5.75 Å². The Bertz CT molecular complexity index is 335. The van der Waals surface area contributed by atoms with Gasteiger partial charge in [-0.1, -0.05) is 12.1 Å². The van der Waals surface area contributed by atoms with E-state index in [0.29, 0.717) is 19.4 Å². The lowest BCUT2D eigenvalue weighted by molar-refractivity contribution is 0.188. The third kappa shape index (κ3) is 4.50. The zero-order valence-corrected chi connectivity index (χ0v) is 12.3. The third-order valence-electron chi connectivity index (χ3n) is 2.63. The predicted octanol–water partition coefficient (Wildman–Crippen LogP) is 2.51. The van der Waals surface area contributed by atoms with E-state index in [9.17, 15) is 0 Å². The quantitative estimate of drug-likeness (QED) is 0.700. The summed E-state index contributed by atoms with van der Waals surface area (Å²) in [5.74, 6) is 0.932. The van der Waals surface area contributed by atoms with Gasteiger partial charge in [0, 0.05) is 13.2 Å². The highest BCUT2D eigenvalue weighted by atomic mass is 28.3. The Morgan fingerprint density at radius 1 is 1.06 bits per heavy atom. The summed E-state index contributed by atoms with van der Waals surface area (Å²) in [6.07, 6.45) is 0.561. The second-order valence-electron chi connectivity index (χ2n) is 3.85. The van der Waals surface area contributed by atoms with Crippen LogP contribution in [0.1, 0.15) is 25.0 Å². The van der Waals surface area contributed by atoms with E-state index in [1.807, 2.05) is 26.0 Å². The zero-order valence-electron chi connectivity index (χ0n) is 11.2. The normalized spacial score (nSPS) is 10.9. The van der Waals surface area contributed by atoms with Crippen molar-refractivity contribution in [2.75, 3.05) is 19.4 Å². The molecule has 0 aliphatic rings. The fourth-order valence-electron chi connectivity index (χ4n) is 1.55. The molecule has 17 heavy (non-hydrogen) atoms. The number of benzene rings is 1. The van der Waals surface area contributed by atoms with Crippen molar-refractivity contribution in [2.24, 2.45) is 0 Å². The van der Waals surface area contributed by atoms with Gasteiger partial charge in [-0.15, -0.1) is 0 Å². The first kappa shape index (κ1) is 14.2. The van der Waals surface area contributed by atoms with Gasteiger partial charge in [-0.25, -0.2) is 0 Å². The maximum Gasteiger partial charge on any atom is 0.360 e. The van der Waals surface area contributed by atoms with Gasteiger partial charge in [-0.2, -0.15) is 0 Å². The zero-order chi connectivity index (χ0) is 12.7. The highest BCUT2D eigenvalue weighted by Crippen LogP contribution is 2.20.